The molecule has 2 amide bonds. The van der Waals surface area contributed by atoms with Gasteiger partial charge in [0.15, 0.2) is 0 Å². The summed E-state index contributed by atoms with van der Waals surface area (Å²) in [7, 11) is 0. The van der Waals surface area contributed by atoms with E-state index in [4.69, 9.17) is 5.73 Å². The maximum absolute atomic E-state index is 12.0. The molecule has 0 aromatic carbocycles. The lowest BCUT2D eigenvalue weighted by Gasteiger charge is -2.01. The number of pyridine rings is 1. The molecule has 0 atom stereocenters. The zero-order valence-corrected chi connectivity index (χ0v) is 13.2. The number of nitrogens with zero attached hydrogens (tertiary/aromatic N) is 1. The zero-order chi connectivity index (χ0) is 16.1. The van der Waals surface area contributed by atoms with E-state index in [1.165, 1.54) is 17.4 Å². The lowest BCUT2D eigenvalue weighted by molar-refractivity contribution is -0.111. The zero-order valence-electron chi connectivity index (χ0n) is 12.4. The molecule has 0 unspecified atom stereocenters. The van der Waals surface area contributed by atoms with Crippen LogP contribution in [0, 0.1) is 0 Å². The first-order valence-electron chi connectivity index (χ1n) is 6.80. The summed E-state index contributed by atoms with van der Waals surface area (Å²) >= 11 is 1.37. The number of amides is 2. The number of carbonyl (C=O) groups excluding carboxylic acids is 2. The van der Waals surface area contributed by atoms with Gasteiger partial charge in [-0.2, -0.15) is 0 Å². The largest absolute Gasteiger partial charge is 0.366 e. The van der Waals surface area contributed by atoms with Crippen molar-refractivity contribution < 1.29 is 9.59 Å². The van der Waals surface area contributed by atoms with Crippen LogP contribution >= 0.6 is 11.3 Å². The predicted octanol–water partition coefficient (Wildman–Crippen LogP) is 3.02. The Morgan fingerprint density at radius 3 is 2.77 bits per heavy atom. The molecule has 0 aliphatic rings. The molecular formula is C16H17N3O2S. The molecule has 2 aromatic rings. The molecule has 3 N–H and O–H groups in total. The molecular weight excluding hydrogens is 298 g/mol. The Kier molecular flexibility index (Phi) is 5.06. The molecule has 0 aliphatic heterocycles. The Morgan fingerprint density at radius 1 is 1.41 bits per heavy atom. The predicted molar refractivity (Wildman–Crippen MR) is 88.8 cm³/mol. The van der Waals surface area contributed by atoms with E-state index in [2.05, 4.69) is 10.3 Å². The monoisotopic (exact) mass is 315 g/mol. The van der Waals surface area contributed by atoms with Gasteiger partial charge in [0.1, 0.15) is 5.00 Å². The first-order valence-corrected chi connectivity index (χ1v) is 7.61. The molecule has 0 bridgehead atoms. The van der Waals surface area contributed by atoms with E-state index in [0.717, 1.165) is 10.4 Å². The summed E-state index contributed by atoms with van der Waals surface area (Å²) in [5.41, 5.74) is 6.52. The van der Waals surface area contributed by atoms with Gasteiger partial charge in [-0.3, -0.25) is 14.6 Å². The molecule has 0 fully saturated rings. The van der Waals surface area contributed by atoms with Gasteiger partial charge in [0.25, 0.3) is 5.91 Å². The van der Waals surface area contributed by atoms with Crippen molar-refractivity contribution in [2.45, 2.75) is 19.8 Å². The molecule has 6 heteroatoms. The number of thiophene rings is 1. The highest BCUT2D eigenvalue weighted by Gasteiger charge is 2.16. The molecule has 0 radical (unpaired) electrons. The molecule has 5 nitrogen and oxygen atoms in total. The van der Waals surface area contributed by atoms with Gasteiger partial charge in [-0.05, 0) is 29.7 Å². The van der Waals surface area contributed by atoms with Crippen LogP contribution in [0.1, 0.15) is 40.6 Å². The lowest BCUT2D eigenvalue weighted by Crippen LogP contribution is -2.14. The topological polar surface area (TPSA) is 85.1 Å². The third-order valence-corrected chi connectivity index (χ3v) is 4.28. The number of hydrogen-bond acceptors (Lipinski definition) is 4. The van der Waals surface area contributed by atoms with Gasteiger partial charge in [0.05, 0.1) is 5.56 Å². The lowest BCUT2D eigenvalue weighted by atomic mass is 10.1. The van der Waals surface area contributed by atoms with Crippen LogP contribution < -0.4 is 11.1 Å². The minimum absolute atomic E-state index is 0.264. The number of nitrogens with two attached hydrogens (primary N) is 1. The quantitative estimate of drug-likeness (QED) is 0.832. The summed E-state index contributed by atoms with van der Waals surface area (Å²) in [4.78, 5) is 28.4. The van der Waals surface area contributed by atoms with Crippen LogP contribution in [-0.2, 0) is 4.79 Å². The minimum Gasteiger partial charge on any atom is -0.366 e. The first-order chi connectivity index (χ1) is 10.5. The smallest absolute Gasteiger partial charge is 0.251 e. The third kappa shape index (κ3) is 4.02. The summed E-state index contributed by atoms with van der Waals surface area (Å²) in [5, 5.41) is 3.19. The fourth-order valence-corrected chi connectivity index (χ4v) is 2.84. The first kappa shape index (κ1) is 15.9. The van der Waals surface area contributed by atoms with Gasteiger partial charge < -0.3 is 11.1 Å². The third-order valence-electron chi connectivity index (χ3n) is 2.93. The molecule has 0 aliphatic carbocycles. The number of nitrogens with one attached hydrogen (secondary N) is 1. The molecule has 2 rings (SSSR count). The number of anilines is 1. The van der Waals surface area contributed by atoms with Gasteiger partial charge in [0, 0.05) is 23.3 Å². The summed E-state index contributed by atoms with van der Waals surface area (Å²) in [6.07, 6.45) is 6.37. The number of rotatable bonds is 5. The normalized spacial score (nSPS) is 11.0. The average Bonchev–Trinajstić information content (AvgIpc) is 2.90. The Labute approximate surface area is 132 Å². The molecule has 114 valence electrons. The number of hydrogen-bond donors (Lipinski definition) is 2. The van der Waals surface area contributed by atoms with E-state index < -0.39 is 5.91 Å². The van der Waals surface area contributed by atoms with Crippen LogP contribution in [0.2, 0.25) is 0 Å². The maximum Gasteiger partial charge on any atom is 0.251 e. The second-order valence-electron chi connectivity index (χ2n) is 5.02. The van der Waals surface area contributed by atoms with E-state index in [1.54, 1.807) is 30.6 Å². The number of primary amides is 1. The Morgan fingerprint density at radius 2 is 2.18 bits per heavy atom. The van der Waals surface area contributed by atoms with Crippen molar-refractivity contribution in [2.75, 3.05) is 5.32 Å². The summed E-state index contributed by atoms with van der Waals surface area (Å²) < 4.78 is 0. The molecule has 0 spiro atoms. The second kappa shape index (κ2) is 7.00. The highest BCUT2D eigenvalue weighted by Crippen LogP contribution is 2.32. The Bertz CT molecular complexity index is 705. The van der Waals surface area contributed by atoms with Crippen molar-refractivity contribution in [3.05, 3.63) is 52.7 Å². The van der Waals surface area contributed by atoms with Crippen LogP contribution in [-0.4, -0.2) is 16.8 Å². The fraction of sp³-hybridized carbons (Fsp3) is 0.188. The Hall–Kier alpha value is -2.47. The van der Waals surface area contributed by atoms with E-state index in [1.807, 2.05) is 19.9 Å². The van der Waals surface area contributed by atoms with Crippen LogP contribution in [0.4, 0.5) is 5.00 Å². The molecule has 0 saturated heterocycles. The van der Waals surface area contributed by atoms with Crippen molar-refractivity contribution in [1.29, 1.82) is 0 Å². The minimum atomic E-state index is -0.547. The van der Waals surface area contributed by atoms with Gasteiger partial charge in [0.2, 0.25) is 5.91 Å². The summed E-state index contributed by atoms with van der Waals surface area (Å²) in [6.45, 7) is 4.04. The van der Waals surface area contributed by atoms with Crippen LogP contribution in [0.25, 0.3) is 6.08 Å². The summed E-state index contributed by atoms with van der Waals surface area (Å²) in [6, 6.07) is 5.36. The average molecular weight is 315 g/mol. The van der Waals surface area contributed by atoms with Crippen LogP contribution in [0.3, 0.4) is 0 Å². The maximum atomic E-state index is 12.0. The summed E-state index contributed by atoms with van der Waals surface area (Å²) in [5.74, 6) is -0.599. The second-order valence-corrected chi connectivity index (χ2v) is 6.10. The van der Waals surface area contributed by atoms with E-state index in [9.17, 15) is 9.59 Å². The molecule has 2 aromatic heterocycles. The Balaban J connectivity index is 2.14. The highest BCUT2D eigenvalue weighted by molar-refractivity contribution is 7.16. The van der Waals surface area contributed by atoms with Gasteiger partial charge in [-0.15, -0.1) is 11.3 Å². The van der Waals surface area contributed by atoms with Crippen LogP contribution in [0.5, 0.6) is 0 Å². The standard InChI is InChI=1S/C16H17N3O2S/c1-10(2)13-8-12(15(17)21)16(22-13)19-14(20)6-5-11-4-3-7-18-9-11/h3-10H,1-2H3,(H2,17,21)(H,19,20)/b6-5-. The van der Waals surface area contributed by atoms with E-state index in [0.29, 0.717) is 10.6 Å². The van der Waals surface area contributed by atoms with Gasteiger partial charge in [-0.1, -0.05) is 19.9 Å². The van der Waals surface area contributed by atoms with Gasteiger partial charge in [-0.25, -0.2) is 0 Å². The van der Waals surface area contributed by atoms with Gasteiger partial charge >= 0.3 is 0 Å². The molecule has 22 heavy (non-hydrogen) atoms. The number of aromatic nitrogens is 1. The van der Waals surface area contributed by atoms with E-state index >= 15 is 0 Å². The molecule has 2 heterocycles. The van der Waals surface area contributed by atoms with Crippen molar-refractivity contribution in [2.24, 2.45) is 5.73 Å². The van der Waals surface area contributed by atoms with Crippen molar-refractivity contribution >= 4 is 34.2 Å². The van der Waals surface area contributed by atoms with Crippen LogP contribution in [0.15, 0.2) is 36.7 Å². The SMILES string of the molecule is CC(C)c1cc(C(N)=O)c(NC(=O)/C=C\c2cccnc2)s1. The highest BCUT2D eigenvalue weighted by atomic mass is 32.1. The van der Waals surface area contributed by atoms with Crippen molar-refractivity contribution in [1.82, 2.24) is 4.98 Å². The van der Waals surface area contributed by atoms with Crippen molar-refractivity contribution in [3.8, 4) is 0 Å². The fourth-order valence-electron chi connectivity index (χ4n) is 1.77. The van der Waals surface area contributed by atoms with E-state index in [-0.39, 0.29) is 11.8 Å². The molecule has 0 saturated carbocycles. The number of carbonyl (C=O) groups is 2. The van der Waals surface area contributed by atoms with Crippen molar-refractivity contribution in [3.63, 3.8) is 0 Å².